The van der Waals surface area contributed by atoms with Crippen LogP contribution in [-0.2, 0) is 11.2 Å². The molecule has 1 N–H and O–H groups in total. The van der Waals surface area contributed by atoms with E-state index in [4.69, 9.17) is 4.74 Å². The van der Waals surface area contributed by atoms with Gasteiger partial charge >= 0.3 is 0 Å². The number of ether oxygens (including phenoxy) is 1. The second kappa shape index (κ2) is 5.32. The Balaban J connectivity index is 1.68. The van der Waals surface area contributed by atoms with Crippen molar-refractivity contribution in [1.29, 1.82) is 0 Å². The van der Waals surface area contributed by atoms with Gasteiger partial charge in [0.2, 0.25) is 0 Å². The van der Waals surface area contributed by atoms with E-state index in [1.54, 1.807) is 0 Å². The Morgan fingerprint density at radius 2 is 2.17 bits per heavy atom. The van der Waals surface area contributed by atoms with Gasteiger partial charge in [-0.15, -0.1) is 0 Å². The number of benzene rings is 1. The first kappa shape index (κ1) is 12.6. The van der Waals surface area contributed by atoms with Crippen molar-refractivity contribution in [3.8, 4) is 0 Å². The monoisotopic (exact) mass is 309 g/mol. The molecule has 2 aliphatic carbocycles. The van der Waals surface area contributed by atoms with E-state index in [9.17, 15) is 0 Å². The van der Waals surface area contributed by atoms with Crippen molar-refractivity contribution in [2.24, 2.45) is 0 Å². The van der Waals surface area contributed by atoms with Crippen LogP contribution >= 0.6 is 15.9 Å². The minimum atomic E-state index is 0.464. The van der Waals surface area contributed by atoms with E-state index in [1.165, 1.54) is 41.3 Å². The minimum Gasteiger partial charge on any atom is -0.381 e. The van der Waals surface area contributed by atoms with Gasteiger partial charge in [0.15, 0.2) is 0 Å². The highest BCUT2D eigenvalue weighted by molar-refractivity contribution is 9.10. The molecule has 3 unspecified atom stereocenters. The Labute approximate surface area is 117 Å². The first-order valence-electron chi connectivity index (χ1n) is 6.84. The third-order valence-electron chi connectivity index (χ3n) is 4.37. The largest absolute Gasteiger partial charge is 0.381 e. The van der Waals surface area contributed by atoms with E-state index in [2.05, 4.69) is 39.4 Å². The summed E-state index contributed by atoms with van der Waals surface area (Å²) in [6.07, 6.45) is 6.49. The number of hydrogen-bond donors (Lipinski definition) is 1. The molecule has 0 radical (unpaired) electrons. The fourth-order valence-electron chi connectivity index (χ4n) is 3.37. The lowest BCUT2D eigenvalue weighted by molar-refractivity contribution is 0.106. The van der Waals surface area contributed by atoms with Crippen LogP contribution in [0.25, 0.3) is 0 Å². The van der Waals surface area contributed by atoms with Crippen LogP contribution in [-0.4, -0.2) is 19.3 Å². The molecule has 1 fully saturated rings. The molecule has 0 aliphatic heterocycles. The number of rotatable bonds is 3. The quantitative estimate of drug-likeness (QED) is 0.921. The van der Waals surface area contributed by atoms with Gasteiger partial charge in [0.05, 0.1) is 6.10 Å². The third kappa shape index (κ3) is 2.36. The van der Waals surface area contributed by atoms with Crippen molar-refractivity contribution in [3.05, 3.63) is 33.8 Å². The van der Waals surface area contributed by atoms with Crippen molar-refractivity contribution in [2.45, 2.75) is 50.3 Å². The van der Waals surface area contributed by atoms with Crippen LogP contribution in [0.1, 0.15) is 42.9 Å². The molecular weight excluding hydrogens is 290 g/mol. The highest BCUT2D eigenvalue weighted by Crippen LogP contribution is 2.37. The zero-order chi connectivity index (χ0) is 12.5. The number of methoxy groups -OCH3 is 1. The van der Waals surface area contributed by atoms with Crippen LogP contribution < -0.4 is 5.32 Å². The zero-order valence-corrected chi connectivity index (χ0v) is 12.4. The molecule has 3 atom stereocenters. The highest BCUT2D eigenvalue weighted by atomic mass is 79.9. The van der Waals surface area contributed by atoms with Gasteiger partial charge in [0, 0.05) is 23.7 Å². The van der Waals surface area contributed by atoms with Crippen LogP contribution in [0.4, 0.5) is 0 Å². The average molecular weight is 310 g/mol. The number of hydrogen-bond acceptors (Lipinski definition) is 2. The second-order valence-corrected chi connectivity index (χ2v) is 6.29. The van der Waals surface area contributed by atoms with Gasteiger partial charge in [-0.1, -0.05) is 28.1 Å². The summed E-state index contributed by atoms with van der Waals surface area (Å²) in [5, 5.41) is 3.82. The molecule has 0 spiro atoms. The maximum absolute atomic E-state index is 5.45. The van der Waals surface area contributed by atoms with E-state index in [1.807, 2.05) is 7.11 Å². The standard InChI is InChI=1S/C15H20BrNO/c1-18-11-6-5-10(9-11)17-15-8-7-12-13(15)3-2-4-14(12)16/h2-4,10-11,15,17H,5-9H2,1H3. The van der Waals surface area contributed by atoms with Gasteiger partial charge in [0.1, 0.15) is 0 Å². The maximum Gasteiger partial charge on any atom is 0.0586 e. The van der Waals surface area contributed by atoms with Crippen LogP contribution in [0.2, 0.25) is 0 Å². The van der Waals surface area contributed by atoms with Gasteiger partial charge in [-0.3, -0.25) is 0 Å². The van der Waals surface area contributed by atoms with Crippen LogP contribution in [0.5, 0.6) is 0 Å². The number of fused-ring (bicyclic) bond motifs is 1. The minimum absolute atomic E-state index is 0.464. The highest BCUT2D eigenvalue weighted by Gasteiger charge is 2.30. The predicted molar refractivity (Wildman–Crippen MR) is 76.8 cm³/mol. The fourth-order valence-corrected chi connectivity index (χ4v) is 3.95. The summed E-state index contributed by atoms with van der Waals surface area (Å²) in [5.41, 5.74) is 2.99. The van der Waals surface area contributed by atoms with E-state index < -0.39 is 0 Å². The van der Waals surface area contributed by atoms with Crippen LogP contribution in [0.15, 0.2) is 22.7 Å². The molecular formula is C15H20BrNO. The Kier molecular flexibility index (Phi) is 3.73. The fraction of sp³-hybridized carbons (Fsp3) is 0.600. The number of nitrogens with one attached hydrogen (secondary N) is 1. The maximum atomic E-state index is 5.45. The molecule has 2 nitrogen and oxygen atoms in total. The van der Waals surface area contributed by atoms with Crippen molar-refractivity contribution in [3.63, 3.8) is 0 Å². The summed E-state index contributed by atoms with van der Waals surface area (Å²) in [4.78, 5) is 0. The molecule has 0 bridgehead atoms. The predicted octanol–water partition coefficient (Wildman–Crippen LogP) is 3.59. The molecule has 2 aliphatic rings. The van der Waals surface area contributed by atoms with E-state index in [0.29, 0.717) is 18.2 Å². The Hall–Kier alpha value is -0.380. The lowest BCUT2D eigenvalue weighted by Crippen LogP contribution is -2.30. The summed E-state index contributed by atoms with van der Waals surface area (Å²) in [5.74, 6) is 0. The molecule has 98 valence electrons. The molecule has 0 saturated heterocycles. The Morgan fingerprint density at radius 1 is 1.28 bits per heavy atom. The Bertz CT molecular complexity index is 435. The second-order valence-electron chi connectivity index (χ2n) is 5.43. The van der Waals surface area contributed by atoms with Crippen molar-refractivity contribution in [1.82, 2.24) is 5.32 Å². The molecule has 0 heterocycles. The first-order valence-corrected chi connectivity index (χ1v) is 7.63. The molecule has 1 saturated carbocycles. The van der Waals surface area contributed by atoms with Gasteiger partial charge in [-0.05, 0) is 49.3 Å². The molecule has 18 heavy (non-hydrogen) atoms. The molecule has 3 heteroatoms. The third-order valence-corrected chi connectivity index (χ3v) is 5.11. The normalized spacial score (nSPS) is 30.7. The summed E-state index contributed by atoms with van der Waals surface area (Å²) in [6.45, 7) is 0. The van der Waals surface area contributed by atoms with Gasteiger partial charge in [0.25, 0.3) is 0 Å². The van der Waals surface area contributed by atoms with E-state index in [-0.39, 0.29) is 0 Å². The number of halogens is 1. The topological polar surface area (TPSA) is 21.3 Å². The molecule has 1 aromatic carbocycles. The molecule has 1 aromatic rings. The average Bonchev–Trinajstić information content (AvgIpc) is 2.98. The van der Waals surface area contributed by atoms with Crippen LogP contribution in [0.3, 0.4) is 0 Å². The molecule has 0 aromatic heterocycles. The van der Waals surface area contributed by atoms with Crippen molar-refractivity contribution in [2.75, 3.05) is 7.11 Å². The van der Waals surface area contributed by atoms with Crippen LogP contribution in [0, 0.1) is 0 Å². The molecule has 0 amide bonds. The first-order chi connectivity index (χ1) is 8.78. The van der Waals surface area contributed by atoms with Gasteiger partial charge in [-0.2, -0.15) is 0 Å². The lowest BCUT2D eigenvalue weighted by Gasteiger charge is -2.20. The summed E-state index contributed by atoms with van der Waals surface area (Å²) in [6, 6.07) is 7.74. The van der Waals surface area contributed by atoms with Crippen molar-refractivity contribution < 1.29 is 4.74 Å². The van der Waals surface area contributed by atoms with Gasteiger partial charge < -0.3 is 10.1 Å². The van der Waals surface area contributed by atoms with E-state index >= 15 is 0 Å². The molecule has 3 rings (SSSR count). The van der Waals surface area contributed by atoms with Crippen molar-refractivity contribution >= 4 is 15.9 Å². The zero-order valence-electron chi connectivity index (χ0n) is 10.8. The Morgan fingerprint density at radius 3 is 2.94 bits per heavy atom. The summed E-state index contributed by atoms with van der Waals surface area (Å²) < 4.78 is 6.72. The summed E-state index contributed by atoms with van der Waals surface area (Å²) >= 11 is 3.66. The summed E-state index contributed by atoms with van der Waals surface area (Å²) in [7, 11) is 1.83. The van der Waals surface area contributed by atoms with E-state index in [0.717, 1.165) is 6.42 Å². The lowest BCUT2D eigenvalue weighted by atomic mass is 10.1. The SMILES string of the molecule is COC1CCC(NC2CCc3c(Br)cccc32)C1. The van der Waals surface area contributed by atoms with Gasteiger partial charge in [-0.25, -0.2) is 0 Å². The smallest absolute Gasteiger partial charge is 0.0586 e.